The maximum atomic E-state index is 11.5. The number of ketones is 1. The number of hydrogen-bond acceptors (Lipinski definition) is 1. The van der Waals surface area contributed by atoms with Gasteiger partial charge in [-0.1, -0.05) is 71.1 Å². The Kier molecular flexibility index (Phi) is 7.82. The molecule has 122 valence electrons. The predicted molar refractivity (Wildman–Crippen MR) is 90.4 cm³/mol. The molecule has 2 aliphatic carbocycles. The van der Waals surface area contributed by atoms with Crippen LogP contribution in [0.3, 0.4) is 0 Å². The van der Waals surface area contributed by atoms with Gasteiger partial charge in [-0.15, -0.1) is 0 Å². The Balaban J connectivity index is 1.49. The van der Waals surface area contributed by atoms with Gasteiger partial charge in [-0.25, -0.2) is 0 Å². The summed E-state index contributed by atoms with van der Waals surface area (Å²) < 4.78 is 0. The van der Waals surface area contributed by atoms with Gasteiger partial charge in [-0.3, -0.25) is 4.79 Å². The zero-order valence-corrected chi connectivity index (χ0v) is 14.2. The highest BCUT2D eigenvalue weighted by atomic mass is 16.1. The van der Waals surface area contributed by atoms with E-state index in [1.54, 1.807) is 0 Å². The van der Waals surface area contributed by atoms with E-state index < -0.39 is 0 Å². The van der Waals surface area contributed by atoms with Crippen LogP contribution in [-0.2, 0) is 4.79 Å². The molecule has 1 nitrogen and oxygen atoms in total. The van der Waals surface area contributed by atoms with Crippen molar-refractivity contribution in [2.45, 2.75) is 103 Å². The van der Waals surface area contributed by atoms with Crippen molar-refractivity contribution in [1.29, 1.82) is 0 Å². The van der Waals surface area contributed by atoms with Gasteiger partial charge in [0.1, 0.15) is 5.78 Å². The van der Waals surface area contributed by atoms with Gasteiger partial charge in [-0.2, -0.15) is 0 Å². The third-order valence-electron chi connectivity index (χ3n) is 6.00. The van der Waals surface area contributed by atoms with Gasteiger partial charge in [0.2, 0.25) is 0 Å². The molecule has 0 bridgehead atoms. The fourth-order valence-electron chi connectivity index (χ4n) is 4.62. The second-order valence-corrected chi connectivity index (χ2v) is 7.74. The summed E-state index contributed by atoms with van der Waals surface area (Å²) in [6, 6.07) is 0. The van der Waals surface area contributed by atoms with Crippen LogP contribution in [0, 0.1) is 17.8 Å². The first kappa shape index (κ1) is 17.0. The third-order valence-corrected chi connectivity index (χ3v) is 6.00. The van der Waals surface area contributed by atoms with E-state index in [1.165, 1.54) is 83.5 Å². The molecule has 0 amide bonds. The molecule has 3 unspecified atom stereocenters. The van der Waals surface area contributed by atoms with E-state index in [2.05, 4.69) is 6.92 Å². The fraction of sp³-hybridized carbons (Fsp3) is 0.950. The molecule has 0 spiro atoms. The molecule has 2 rings (SSSR count). The third kappa shape index (κ3) is 6.12. The van der Waals surface area contributed by atoms with Crippen LogP contribution in [-0.4, -0.2) is 5.78 Å². The van der Waals surface area contributed by atoms with Gasteiger partial charge in [0.05, 0.1) is 0 Å². The summed E-state index contributed by atoms with van der Waals surface area (Å²) in [5.41, 5.74) is 0. The van der Waals surface area contributed by atoms with Crippen LogP contribution in [0.1, 0.15) is 103 Å². The summed E-state index contributed by atoms with van der Waals surface area (Å²) in [5.74, 6) is 3.19. The van der Waals surface area contributed by atoms with Crippen LogP contribution < -0.4 is 0 Å². The monoisotopic (exact) mass is 292 g/mol. The summed E-state index contributed by atoms with van der Waals surface area (Å²) >= 11 is 0. The minimum absolute atomic E-state index is 0.540. The second-order valence-electron chi connectivity index (χ2n) is 7.74. The summed E-state index contributed by atoms with van der Waals surface area (Å²) in [5, 5.41) is 0. The first-order chi connectivity index (χ1) is 10.3. The van der Waals surface area contributed by atoms with E-state index in [-0.39, 0.29) is 0 Å². The van der Waals surface area contributed by atoms with Gasteiger partial charge in [0.15, 0.2) is 0 Å². The lowest BCUT2D eigenvalue weighted by Crippen LogP contribution is -2.31. The average molecular weight is 293 g/mol. The van der Waals surface area contributed by atoms with Gasteiger partial charge in [0, 0.05) is 12.8 Å². The molecule has 2 aliphatic rings. The van der Waals surface area contributed by atoms with Crippen molar-refractivity contribution in [3.8, 4) is 0 Å². The molecule has 0 heterocycles. The molecular formula is C20H36O. The number of Topliss-reactive ketones (excluding diaryl/α,β-unsaturated/α-hetero) is 1. The van der Waals surface area contributed by atoms with Crippen molar-refractivity contribution in [3.05, 3.63) is 0 Å². The highest BCUT2D eigenvalue weighted by molar-refractivity contribution is 5.79. The Morgan fingerprint density at radius 3 is 2.33 bits per heavy atom. The second kappa shape index (κ2) is 9.64. The molecular weight excluding hydrogens is 256 g/mol. The van der Waals surface area contributed by atoms with E-state index >= 15 is 0 Å². The van der Waals surface area contributed by atoms with Crippen LogP contribution in [0.4, 0.5) is 0 Å². The number of hydrogen-bond donors (Lipinski definition) is 0. The van der Waals surface area contributed by atoms with Crippen molar-refractivity contribution in [3.63, 3.8) is 0 Å². The van der Waals surface area contributed by atoms with E-state index in [0.717, 1.165) is 30.6 Å². The van der Waals surface area contributed by atoms with E-state index in [4.69, 9.17) is 0 Å². The highest BCUT2D eigenvalue weighted by Gasteiger charge is 2.34. The first-order valence-corrected chi connectivity index (χ1v) is 9.81. The normalized spacial score (nSPS) is 29.4. The highest BCUT2D eigenvalue weighted by Crippen LogP contribution is 2.43. The topological polar surface area (TPSA) is 17.1 Å². The van der Waals surface area contributed by atoms with Crippen molar-refractivity contribution < 1.29 is 4.79 Å². The number of carbonyl (C=O) groups is 1. The summed E-state index contributed by atoms with van der Waals surface area (Å²) in [4.78, 5) is 11.5. The molecule has 21 heavy (non-hydrogen) atoms. The minimum atomic E-state index is 0.540. The Bertz CT molecular complexity index is 296. The quantitative estimate of drug-likeness (QED) is 0.455. The maximum absolute atomic E-state index is 11.5. The first-order valence-electron chi connectivity index (χ1n) is 9.81. The lowest BCUT2D eigenvalue weighted by atomic mass is 9.66. The van der Waals surface area contributed by atoms with Gasteiger partial charge in [0.25, 0.3) is 0 Å². The Labute approximate surface area is 132 Å². The van der Waals surface area contributed by atoms with E-state index in [9.17, 15) is 4.79 Å². The molecule has 0 aliphatic heterocycles. The SMILES string of the molecule is CCCCCCCCCCC1CCC2CC(=O)CCC2C1. The molecule has 0 aromatic carbocycles. The Morgan fingerprint density at radius 2 is 1.57 bits per heavy atom. The summed E-state index contributed by atoms with van der Waals surface area (Å²) in [7, 11) is 0. The zero-order chi connectivity index (χ0) is 14.9. The van der Waals surface area contributed by atoms with Gasteiger partial charge in [-0.05, 0) is 37.0 Å². The maximum Gasteiger partial charge on any atom is 0.133 e. The fourth-order valence-corrected chi connectivity index (χ4v) is 4.62. The molecule has 0 N–H and O–H groups in total. The summed E-state index contributed by atoms with van der Waals surface area (Å²) in [6.45, 7) is 2.29. The van der Waals surface area contributed by atoms with Crippen molar-refractivity contribution in [2.75, 3.05) is 0 Å². The molecule has 0 aromatic heterocycles. The largest absolute Gasteiger partial charge is 0.300 e. The standard InChI is InChI=1S/C20H36O/c1-2-3-4-5-6-7-8-9-10-17-11-12-19-16-20(21)14-13-18(19)15-17/h17-19H,2-16H2,1H3. The summed E-state index contributed by atoms with van der Waals surface area (Å²) in [6.07, 6.45) is 20.2. The van der Waals surface area contributed by atoms with Crippen LogP contribution in [0.25, 0.3) is 0 Å². The van der Waals surface area contributed by atoms with Crippen LogP contribution >= 0.6 is 0 Å². The van der Waals surface area contributed by atoms with Gasteiger partial charge < -0.3 is 0 Å². The van der Waals surface area contributed by atoms with Crippen molar-refractivity contribution >= 4 is 5.78 Å². The number of unbranched alkanes of at least 4 members (excludes halogenated alkanes) is 7. The van der Waals surface area contributed by atoms with Crippen molar-refractivity contribution in [1.82, 2.24) is 0 Å². The molecule has 1 heteroatoms. The smallest absolute Gasteiger partial charge is 0.133 e. The van der Waals surface area contributed by atoms with E-state index in [0.29, 0.717) is 5.78 Å². The molecule has 0 aromatic rings. The Morgan fingerprint density at radius 1 is 0.857 bits per heavy atom. The Hall–Kier alpha value is -0.330. The van der Waals surface area contributed by atoms with Crippen LogP contribution in [0.15, 0.2) is 0 Å². The zero-order valence-electron chi connectivity index (χ0n) is 14.2. The molecule has 2 fully saturated rings. The number of carbonyl (C=O) groups excluding carboxylic acids is 1. The molecule has 2 saturated carbocycles. The van der Waals surface area contributed by atoms with E-state index in [1.807, 2.05) is 0 Å². The molecule has 0 radical (unpaired) electrons. The lowest BCUT2D eigenvalue weighted by Gasteiger charge is -2.38. The number of rotatable bonds is 9. The molecule has 3 atom stereocenters. The average Bonchev–Trinajstić information content (AvgIpc) is 2.50. The molecule has 0 saturated heterocycles. The predicted octanol–water partition coefficient (Wildman–Crippen LogP) is 6.30. The van der Waals surface area contributed by atoms with Crippen molar-refractivity contribution in [2.24, 2.45) is 17.8 Å². The van der Waals surface area contributed by atoms with Crippen LogP contribution in [0.5, 0.6) is 0 Å². The van der Waals surface area contributed by atoms with Crippen LogP contribution in [0.2, 0.25) is 0 Å². The van der Waals surface area contributed by atoms with Gasteiger partial charge >= 0.3 is 0 Å². The lowest BCUT2D eigenvalue weighted by molar-refractivity contribution is -0.123. The number of fused-ring (bicyclic) bond motifs is 1. The minimum Gasteiger partial charge on any atom is -0.300 e.